The Labute approximate surface area is 217 Å². The molecule has 4 aromatic rings. The molecule has 1 N–H and O–H groups in total. The van der Waals surface area contributed by atoms with Crippen LogP contribution in [0.15, 0.2) is 42.5 Å². The molecule has 0 unspecified atom stereocenters. The Kier molecular flexibility index (Phi) is 5.49. The number of anilines is 1. The number of fused-ring (bicyclic) bond motifs is 2. The molecule has 4 heterocycles. The third-order valence-electron chi connectivity index (χ3n) is 7.13. The van der Waals surface area contributed by atoms with Crippen molar-refractivity contribution in [2.75, 3.05) is 18.4 Å². The van der Waals surface area contributed by atoms with Crippen LogP contribution in [-0.2, 0) is 16.8 Å². The molecule has 0 spiro atoms. The highest BCUT2D eigenvalue weighted by Gasteiger charge is 2.45. The van der Waals surface area contributed by atoms with Gasteiger partial charge in [-0.2, -0.15) is 5.10 Å². The number of carbonyl (C=O) groups excluding carboxylic acids is 2. The average molecular weight is 519 g/mol. The van der Waals surface area contributed by atoms with Gasteiger partial charge in [0, 0.05) is 34.6 Å². The van der Waals surface area contributed by atoms with Crippen LogP contribution >= 0.6 is 11.6 Å². The SMILES string of the molecule is CC1(C)C(=O)Nc2nc(-c3nn(Cc4ccccc4F)c4cc(Cl)ccc34)nc(C(=O)N3CCCC3)c21. The molecule has 6 rings (SSSR count). The predicted molar refractivity (Wildman–Crippen MR) is 138 cm³/mol. The molecule has 2 aliphatic rings. The quantitative estimate of drug-likeness (QED) is 0.419. The highest BCUT2D eigenvalue weighted by Crippen LogP contribution is 2.40. The molecule has 8 nitrogen and oxygen atoms in total. The Hall–Kier alpha value is -3.85. The van der Waals surface area contributed by atoms with E-state index in [9.17, 15) is 14.0 Å². The van der Waals surface area contributed by atoms with Crippen LogP contribution in [0.25, 0.3) is 22.4 Å². The van der Waals surface area contributed by atoms with Gasteiger partial charge in [-0.15, -0.1) is 0 Å². The molecule has 0 atom stereocenters. The molecular weight excluding hydrogens is 495 g/mol. The first-order chi connectivity index (χ1) is 17.7. The number of likely N-dealkylation sites (tertiary alicyclic amines) is 1. The Morgan fingerprint density at radius 3 is 2.65 bits per heavy atom. The van der Waals surface area contributed by atoms with E-state index < -0.39 is 5.41 Å². The van der Waals surface area contributed by atoms with Gasteiger partial charge in [-0.3, -0.25) is 14.3 Å². The van der Waals surface area contributed by atoms with Crippen molar-refractivity contribution in [2.45, 2.75) is 38.6 Å². The lowest BCUT2D eigenvalue weighted by Gasteiger charge is -2.21. The van der Waals surface area contributed by atoms with Gasteiger partial charge < -0.3 is 10.2 Å². The molecule has 2 amide bonds. The number of halogens is 2. The van der Waals surface area contributed by atoms with Gasteiger partial charge in [-0.05, 0) is 51.0 Å². The second-order valence-electron chi connectivity index (χ2n) is 9.96. The molecule has 37 heavy (non-hydrogen) atoms. The van der Waals surface area contributed by atoms with E-state index in [-0.39, 0.29) is 35.7 Å². The van der Waals surface area contributed by atoms with E-state index >= 15 is 0 Å². The zero-order valence-corrected chi connectivity index (χ0v) is 21.1. The fraction of sp³-hybridized carbons (Fsp3) is 0.296. The van der Waals surface area contributed by atoms with Crippen molar-refractivity contribution in [3.63, 3.8) is 0 Å². The van der Waals surface area contributed by atoms with E-state index in [1.54, 1.807) is 59.8 Å². The highest BCUT2D eigenvalue weighted by molar-refractivity contribution is 6.31. The average Bonchev–Trinajstić information content (AvgIpc) is 3.58. The van der Waals surface area contributed by atoms with Crippen LogP contribution in [0.2, 0.25) is 5.02 Å². The summed E-state index contributed by atoms with van der Waals surface area (Å²) < 4.78 is 16.1. The molecule has 10 heteroatoms. The number of hydrogen-bond donors (Lipinski definition) is 1. The Morgan fingerprint density at radius 2 is 1.89 bits per heavy atom. The van der Waals surface area contributed by atoms with E-state index in [0.717, 1.165) is 12.8 Å². The first kappa shape index (κ1) is 23.5. The second-order valence-corrected chi connectivity index (χ2v) is 10.4. The van der Waals surface area contributed by atoms with Crippen molar-refractivity contribution in [3.05, 3.63) is 70.1 Å². The molecule has 2 aromatic heterocycles. The van der Waals surface area contributed by atoms with Crippen molar-refractivity contribution < 1.29 is 14.0 Å². The second kappa shape index (κ2) is 8.62. The van der Waals surface area contributed by atoms with Gasteiger partial charge in [0.2, 0.25) is 5.91 Å². The van der Waals surface area contributed by atoms with Crippen LogP contribution in [0.1, 0.15) is 48.3 Å². The van der Waals surface area contributed by atoms with Gasteiger partial charge in [-0.25, -0.2) is 14.4 Å². The monoisotopic (exact) mass is 518 g/mol. The number of aromatic nitrogens is 4. The number of amides is 2. The minimum absolute atomic E-state index is 0.164. The molecule has 188 valence electrons. The van der Waals surface area contributed by atoms with Gasteiger partial charge in [0.15, 0.2) is 5.82 Å². The molecule has 2 aromatic carbocycles. The summed E-state index contributed by atoms with van der Waals surface area (Å²) in [6.45, 7) is 4.98. The van der Waals surface area contributed by atoms with Crippen LogP contribution in [-0.4, -0.2) is 49.6 Å². The third kappa shape index (κ3) is 3.85. The molecule has 0 bridgehead atoms. The lowest BCUT2D eigenvalue weighted by Crippen LogP contribution is -2.33. The fourth-order valence-corrected chi connectivity index (χ4v) is 5.24. The minimum atomic E-state index is -0.960. The van der Waals surface area contributed by atoms with Crippen molar-refractivity contribution in [1.82, 2.24) is 24.6 Å². The maximum atomic E-state index is 14.5. The summed E-state index contributed by atoms with van der Waals surface area (Å²) >= 11 is 6.30. The number of benzene rings is 2. The maximum absolute atomic E-state index is 14.5. The Bertz CT molecular complexity index is 1590. The Balaban J connectivity index is 1.54. The van der Waals surface area contributed by atoms with Gasteiger partial charge >= 0.3 is 0 Å². The van der Waals surface area contributed by atoms with Crippen molar-refractivity contribution in [2.24, 2.45) is 0 Å². The van der Waals surface area contributed by atoms with E-state index in [1.807, 2.05) is 0 Å². The first-order valence-corrected chi connectivity index (χ1v) is 12.5. The summed E-state index contributed by atoms with van der Waals surface area (Å²) in [5, 5.41) is 8.77. The van der Waals surface area contributed by atoms with E-state index in [0.29, 0.717) is 51.7 Å². The lowest BCUT2D eigenvalue weighted by atomic mass is 9.85. The van der Waals surface area contributed by atoms with Crippen molar-refractivity contribution >= 4 is 40.1 Å². The zero-order chi connectivity index (χ0) is 25.9. The zero-order valence-electron chi connectivity index (χ0n) is 20.4. The molecule has 1 saturated heterocycles. The van der Waals surface area contributed by atoms with E-state index in [4.69, 9.17) is 21.7 Å². The summed E-state index contributed by atoms with van der Waals surface area (Å²) in [7, 11) is 0. The topological polar surface area (TPSA) is 93.0 Å². The van der Waals surface area contributed by atoms with Crippen LogP contribution in [0.4, 0.5) is 10.2 Å². The molecule has 0 aliphatic carbocycles. The van der Waals surface area contributed by atoms with Crippen LogP contribution in [0, 0.1) is 5.82 Å². The van der Waals surface area contributed by atoms with Crippen LogP contribution in [0.3, 0.4) is 0 Å². The summed E-state index contributed by atoms with van der Waals surface area (Å²) in [6, 6.07) is 11.8. The summed E-state index contributed by atoms with van der Waals surface area (Å²) in [5.74, 6) is -0.287. The smallest absolute Gasteiger partial charge is 0.273 e. The molecule has 2 aliphatic heterocycles. The normalized spacial score (nSPS) is 16.3. The summed E-state index contributed by atoms with van der Waals surface area (Å²) in [5.41, 5.74) is 1.30. The van der Waals surface area contributed by atoms with Gasteiger partial charge in [0.25, 0.3) is 5.91 Å². The third-order valence-corrected chi connectivity index (χ3v) is 7.37. The predicted octanol–water partition coefficient (Wildman–Crippen LogP) is 4.80. The minimum Gasteiger partial charge on any atom is -0.337 e. The lowest BCUT2D eigenvalue weighted by molar-refractivity contribution is -0.119. The fourth-order valence-electron chi connectivity index (χ4n) is 5.07. The number of carbonyl (C=O) groups is 2. The summed E-state index contributed by atoms with van der Waals surface area (Å²) in [4.78, 5) is 37.5. The standard InChI is InChI=1S/C27H24ClFN6O2/c1-27(2)20-22(25(36)34-11-5-6-12-34)30-24(31-23(20)32-26(27)37)21-17-10-9-16(28)13-19(17)35(33-21)14-15-7-3-4-8-18(15)29/h3-4,7-10,13H,5-6,11-12,14H2,1-2H3,(H,30,31,32,37). The molecule has 1 fully saturated rings. The molecule has 0 radical (unpaired) electrons. The van der Waals surface area contributed by atoms with Crippen LogP contribution in [0.5, 0.6) is 0 Å². The molecular formula is C27H24ClFN6O2. The van der Waals surface area contributed by atoms with E-state index in [2.05, 4.69) is 10.3 Å². The van der Waals surface area contributed by atoms with Crippen molar-refractivity contribution in [1.29, 1.82) is 0 Å². The first-order valence-electron chi connectivity index (χ1n) is 12.2. The van der Waals surface area contributed by atoms with E-state index in [1.165, 1.54) is 6.07 Å². The van der Waals surface area contributed by atoms with Crippen molar-refractivity contribution in [3.8, 4) is 11.5 Å². The maximum Gasteiger partial charge on any atom is 0.273 e. The largest absolute Gasteiger partial charge is 0.337 e. The number of rotatable bonds is 4. The van der Waals surface area contributed by atoms with Crippen LogP contribution < -0.4 is 5.32 Å². The summed E-state index contributed by atoms with van der Waals surface area (Å²) in [6.07, 6.45) is 1.86. The number of hydrogen-bond acceptors (Lipinski definition) is 5. The van der Waals surface area contributed by atoms with Gasteiger partial charge in [-0.1, -0.05) is 29.8 Å². The number of nitrogens with one attached hydrogen (secondary N) is 1. The highest BCUT2D eigenvalue weighted by atomic mass is 35.5. The number of nitrogens with zero attached hydrogens (tertiary/aromatic N) is 5. The molecule has 0 saturated carbocycles. The van der Waals surface area contributed by atoms with Gasteiger partial charge in [0.1, 0.15) is 23.0 Å². The Morgan fingerprint density at radius 1 is 1.14 bits per heavy atom. The van der Waals surface area contributed by atoms with Gasteiger partial charge in [0.05, 0.1) is 17.5 Å².